The Morgan fingerprint density at radius 2 is 1.88 bits per heavy atom. The zero-order valence-corrected chi connectivity index (χ0v) is 17.2. The van der Waals surface area contributed by atoms with Crippen molar-refractivity contribution in [2.24, 2.45) is 4.99 Å². The first-order valence-corrected chi connectivity index (χ1v) is 10.5. The molecule has 1 aromatic carbocycles. The van der Waals surface area contributed by atoms with Gasteiger partial charge in [-0.25, -0.2) is 4.39 Å². The Labute approximate surface area is 161 Å². The van der Waals surface area contributed by atoms with Crippen LogP contribution in [0.4, 0.5) is 4.39 Å². The largest absolute Gasteiger partial charge is 0.381 e. The van der Waals surface area contributed by atoms with Gasteiger partial charge in [0.15, 0.2) is 5.96 Å². The Morgan fingerprint density at radius 3 is 2.46 bits per heavy atom. The molecule has 0 aromatic heterocycles. The summed E-state index contributed by atoms with van der Waals surface area (Å²) in [6, 6.07) is 6.91. The van der Waals surface area contributed by atoms with E-state index >= 15 is 0 Å². The quantitative estimate of drug-likeness (QED) is 0.560. The number of nitrogens with one attached hydrogen (secondary N) is 2. The first-order chi connectivity index (χ1) is 12.4. The number of thioether (sulfide) groups is 1. The molecule has 2 N–H and O–H groups in total. The van der Waals surface area contributed by atoms with Crippen molar-refractivity contribution in [1.29, 1.82) is 0 Å². The molecule has 4 nitrogen and oxygen atoms in total. The van der Waals surface area contributed by atoms with Crippen molar-refractivity contribution in [2.75, 3.05) is 39.1 Å². The molecular weight excluding hydrogens is 349 g/mol. The van der Waals surface area contributed by atoms with E-state index in [0.29, 0.717) is 0 Å². The predicted octanol–water partition coefficient (Wildman–Crippen LogP) is 3.57. The molecule has 1 aliphatic heterocycles. The lowest BCUT2D eigenvalue weighted by Gasteiger charge is -2.38. The molecule has 26 heavy (non-hydrogen) atoms. The molecule has 2 rings (SSSR count). The van der Waals surface area contributed by atoms with E-state index < -0.39 is 0 Å². The van der Waals surface area contributed by atoms with Crippen molar-refractivity contribution in [3.05, 3.63) is 35.6 Å². The molecule has 1 aliphatic rings. The van der Waals surface area contributed by atoms with Crippen LogP contribution in [-0.4, -0.2) is 49.8 Å². The summed E-state index contributed by atoms with van der Waals surface area (Å²) >= 11 is 1.82. The maximum atomic E-state index is 13.4. The zero-order valence-electron chi connectivity index (χ0n) is 16.4. The summed E-state index contributed by atoms with van der Waals surface area (Å²) in [5.74, 6) is 0.640. The van der Waals surface area contributed by atoms with Gasteiger partial charge >= 0.3 is 0 Å². The summed E-state index contributed by atoms with van der Waals surface area (Å²) in [5, 5.41) is 6.86. The van der Waals surface area contributed by atoms with Gasteiger partial charge in [0.05, 0.1) is 6.54 Å². The van der Waals surface area contributed by atoms with Gasteiger partial charge in [-0.05, 0) is 57.6 Å². The number of halogens is 1. The third-order valence-corrected chi connectivity index (χ3v) is 6.25. The van der Waals surface area contributed by atoms with Crippen LogP contribution in [0.3, 0.4) is 0 Å². The fraction of sp³-hybridized carbons (Fsp3) is 0.650. The molecule has 0 bridgehead atoms. The second-order valence-corrected chi connectivity index (χ2v) is 8.93. The highest BCUT2D eigenvalue weighted by Gasteiger charge is 2.34. The monoisotopic (exact) mass is 381 g/mol. The van der Waals surface area contributed by atoms with E-state index in [9.17, 15) is 4.39 Å². The molecule has 1 aromatic rings. The van der Waals surface area contributed by atoms with Crippen molar-refractivity contribution in [2.45, 2.75) is 43.8 Å². The second-order valence-electron chi connectivity index (χ2n) is 7.41. The molecule has 146 valence electrons. The highest BCUT2D eigenvalue weighted by Crippen LogP contribution is 2.34. The van der Waals surface area contributed by atoms with Gasteiger partial charge in [0.25, 0.3) is 0 Å². The normalized spacial score (nSPS) is 17.8. The first kappa shape index (κ1) is 21.0. The molecule has 0 saturated carbocycles. The van der Waals surface area contributed by atoms with Crippen molar-refractivity contribution in [3.8, 4) is 0 Å². The van der Waals surface area contributed by atoms with Crippen LogP contribution < -0.4 is 10.6 Å². The minimum absolute atomic E-state index is 0.0584. The number of guanidine groups is 1. The van der Waals surface area contributed by atoms with E-state index in [2.05, 4.69) is 37.7 Å². The molecule has 1 fully saturated rings. The average molecular weight is 382 g/mol. The van der Waals surface area contributed by atoms with E-state index in [-0.39, 0.29) is 16.0 Å². The average Bonchev–Trinajstić information content (AvgIpc) is 2.65. The van der Waals surface area contributed by atoms with Crippen molar-refractivity contribution in [3.63, 3.8) is 0 Å². The lowest BCUT2D eigenvalue weighted by molar-refractivity contribution is 0.0513. The summed E-state index contributed by atoms with van der Waals surface area (Å²) in [5.41, 5.74) is 1.10. The maximum Gasteiger partial charge on any atom is 0.191 e. The summed E-state index contributed by atoms with van der Waals surface area (Å²) in [6.45, 7) is 10.2. The van der Waals surface area contributed by atoms with Crippen molar-refractivity contribution in [1.82, 2.24) is 10.6 Å². The van der Waals surface area contributed by atoms with Crippen LogP contribution in [0.5, 0.6) is 0 Å². The molecule has 0 atom stereocenters. The Hall–Kier alpha value is -1.27. The number of aliphatic imine (C=N–C) groups is 1. The number of nitrogens with zero attached hydrogens (tertiary/aromatic N) is 1. The fourth-order valence-electron chi connectivity index (χ4n) is 3.06. The van der Waals surface area contributed by atoms with Gasteiger partial charge in [0, 0.05) is 36.5 Å². The third-order valence-electron chi connectivity index (χ3n) is 5.02. The topological polar surface area (TPSA) is 45.7 Å². The van der Waals surface area contributed by atoms with Crippen LogP contribution >= 0.6 is 11.8 Å². The molecule has 0 spiro atoms. The molecule has 0 amide bonds. The van der Waals surface area contributed by atoms with Gasteiger partial charge in [-0.15, -0.1) is 0 Å². The predicted molar refractivity (Wildman–Crippen MR) is 110 cm³/mol. The van der Waals surface area contributed by atoms with Gasteiger partial charge in [-0.2, -0.15) is 11.8 Å². The summed E-state index contributed by atoms with van der Waals surface area (Å²) in [4.78, 5) is 4.76. The molecule has 0 aliphatic carbocycles. The van der Waals surface area contributed by atoms with Gasteiger partial charge in [-0.1, -0.05) is 12.1 Å². The van der Waals surface area contributed by atoms with Crippen LogP contribution in [-0.2, 0) is 10.2 Å². The number of ether oxygens (including phenoxy) is 1. The SMILES string of the molecule is CCNC(=NCC(C)(C)SC)NCC1(c2ccc(F)cc2)CCOCC1. The maximum absolute atomic E-state index is 13.4. The molecule has 0 radical (unpaired) electrons. The summed E-state index contributed by atoms with van der Waals surface area (Å²) in [7, 11) is 0. The Balaban J connectivity index is 2.13. The van der Waals surface area contributed by atoms with Crippen LogP contribution in [0, 0.1) is 5.82 Å². The number of hydrogen-bond donors (Lipinski definition) is 2. The van der Waals surface area contributed by atoms with Crippen molar-refractivity contribution < 1.29 is 9.13 Å². The van der Waals surface area contributed by atoms with E-state index in [4.69, 9.17) is 9.73 Å². The minimum Gasteiger partial charge on any atom is -0.381 e. The van der Waals surface area contributed by atoms with Gasteiger partial charge in [-0.3, -0.25) is 4.99 Å². The lowest BCUT2D eigenvalue weighted by atomic mass is 9.74. The van der Waals surface area contributed by atoms with Crippen LogP contribution in [0.1, 0.15) is 39.2 Å². The minimum atomic E-state index is -0.196. The molecule has 1 heterocycles. The van der Waals surface area contributed by atoms with E-state index in [1.54, 1.807) is 12.1 Å². The van der Waals surface area contributed by atoms with Gasteiger partial charge in [0.2, 0.25) is 0 Å². The highest BCUT2D eigenvalue weighted by atomic mass is 32.2. The van der Waals surface area contributed by atoms with Gasteiger partial charge < -0.3 is 15.4 Å². The molecule has 6 heteroatoms. The third kappa shape index (κ3) is 5.88. The molecular formula is C20H32FN3OS. The summed E-state index contributed by atoms with van der Waals surface area (Å²) in [6.07, 6.45) is 3.95. The van der Waals surface area contributed by atoms with Crippen molar-refractivity contribution >= 4 is 17.7 Å². The highest BCUT2D eigenvalue weighted by molar-refractivity contribution is 7.99. The Morgan fingerprint density at radius 1 is 1.23 bits per heavy atom. The number of rotatable bonds is 7. The number of benzene rings is 1. The van der Waals surface area contributed by atoms with E-state index in [1.165, 1.54) is 0 Å². The van der Waals surface area contributed by atoms with E-state index in [0.717, 1.165) is 57.2 Å². The molecule has 1 saturated heterocycles. The van der Waals surface area contributed by atoms with E-state index in [1.807, 2.05) is 23.9 Å². The molecule has 0 unspecified atom stereocenters. The van der Waals surface area contributed by atoms with Crippen LogP contribution in [0.15, 0.2) is 29.3 Å². The summed E-state index contributed by atoms with van der Waals surface area (Å²) < 4.78 is 19.1. The smallest absolute Gasteiger partial charge is 0.191 e. The zero-order chi connectivity index (χ0) is 19.0. The fourth-order valence-corrected chi connectivity index (χ4v) is 3.26. The lowest BCUT2D eigenvalue weighted by Crippen LogP contribution is -2.48. The second kappa shape index (κ2) is 9.60. The number of hydrogen-bond acceptors (Lipinski definition) is 3. The standard InChI is InChI=1S/C20H32FN3OS/c1-5-22-18(23-14-19(2,3)26-4)24-15-20(10-12-25-13-11-20)16-6-8-17(21)9-7-16/h6-9H,5,10-15H2,1-4H3,(H2,22,23,24). The Bertz CT molecular complexity index is 583. The first-order valence-electron chi connectivity index (χ1n) is 9.32. The van der Waals surface area contributed by atoms with Crippen LogP contribution in [0.25, 0.3) is 0 Å². The Kier molecular flexibility index (Phi) is 7.77. The van der Waals surface area contributed by atoms with Crippen LogP contribution in [0.2, 0.25) is 0 Å². The van der Waals surface area contributed by atoms with Gasteiger partial charge in [0.1, 0.15) is 5.82 Å².